The van der Waals surface area contributed by atoms with Gasteiger partial charge in [-0.15, -0.1) is 0 Å². The van der Waals surface area contributed by atoms with Gasteiger partial charge in [0.05, 0.1) is 6.54 Å². The van der Waals surface area contributed by atoms with Crippen LogP contribution < -0.4 is 0 Å². The molecule has 1 unspecified atom stereocenters. The number of benzene rings is 1. The van der Waals surface area contributed by atoms with Crippen molar-refractivity contribution in [3.05, 3.63) is 46.5 Å². The van der Waals surface area contributed by atoms with Crippen LogP contribution in [0, 0.1) is 0 Å². The lowest BCUT2D eigenvalue weighted by Crippen LogP contribution is -2.40. The van der Waals surface area contributed by atoms with Gasteiger partial charge in [-0.05, 0) is 19.4 Å². The van der Waals surface area contributed by atoms with Crippen molar-refractivity contribution in [3.63, 3.8) is 0 Å². The Labute approximate surface area is 105 Å². The van der Waals surface area contributed by atoms with Gasteiger partial charge in [0.1, 0.15) is 0 Å². The molecule has 0 aromatic heterocycles. The van der Waals surface area contributed by atoms with Gasteiger partial charge in [0.15, 0.2) is 4.93 Å². The molecule has 0 radical (unpaired) electrons. The van der Waals surface area contributed by atoms with E-state index >= 15 is 0 Å². The van der Waals surface area contributed by atoms with Crippen LogP contribution in [0.2, 0.25) is 0 Å². The molecule has 0 saturated heterocycles. The lowest BCUT2D eigenvalue weighted by atomic mass is 10.1. The molecule has 1 amide bonds. The summed E-state index contributed by atoms with van der Waals surface area (Å²) in [6.45, 7) is 4.10. The number of allylic oxidation sites excluding steroid dienone is 2. The molecule has 90 valence electrons. The first-order valence-electron chi connectivity index (χ1n) is 5.43. The van der Waals surface area contributed by atoms with E-state index in [-0.39, 0.29) is 6.54 Å². The van der Waals surface area contributed by atoms with Gasteiger partial charge in [0.25, 0.3) is 0 Å². The minimum absolute atomic E-state index is 0.286. The minimum Gasteiger partial charge on any atom is -0.373 e. The van der Waals surface area contributed by atoms with Crippen LogP contribution in [-0.4, -0.2) is 23.0 Å². The topological polar surface area (TPSA) is 40.5 Å². The Bertz CT molecular complexity index is 458. The Kier molecular flexibility index (Phi) is 3.26. The van der Waals surface area contributed by atoms with Crippen LogP contribution in [0.15, 0.2) is 40.9 Å². The molecule has 3 nitrogen and oxygen atoms in total. The Morgan fingerprint density at radius 2 is 2.00 bits per heavy atom. The third-order valence-corrected chi connectivity index (χ3v) is 4.30. The van der Waals surface area contributed by atoms with E-state index in [0.29, 0.717) is 0 Å². The largest absolute Gasteiger partial charge is 0.373 e. The maximum Gasteiger partial charge on any atom is 0.214 e. The summed E-state index contributed by atoms with van der Waals surface area (Å²) in [5.74, 6) is 0. The molecule has 17 heavy (non-hydrogen) atoms. The summed E-state index contributed by atoms with van der Waals surface area (Å²) in [5, 5.41) is 10.7. The van der Waals surface area contributed by atoms with Gasteiger partial charge in [-0.1, -0.05) is 42.1 Å². The summed E-state index contributed by atoms with van der Waals surface area (Å²) in [7, 11) is 0. The van der Waals surface area contributed by atoms with Gasteiger partial charge in [-0.25, -0.2) is 0 Å². The van der Waals surface area contributed by atoms with Crippen LogP contribution >= 0.6 is 11.8 Å². The fourth-order valence-electron chi connectivity index (χ4n) is 1.88. The number of carbonyl (C=O) groups excluding carboxylic acids is 1. The van der Waals surface area contributed by atoms with E-state index < -0.39 is 4.93 Å². The normalized spacial score (nSPS) is 25.0. The molecule has 0 fully saturated rings. The number of carbonyl (C=O) groups is 1. The molecule has 1 aliphatic heterocycles. The van der Waals surface area contributed by atoms with E-state index in [1.807, 2.05) is 44.2 Å². The highest BCUT2D eigenvalue weighted by atomic mass is 32.2. The smallest absolute Gasteiger partial charge is 0.214 e. The lowest BCUT2D eigenvalue weighted by Gasteiger charge is -2.38. The lowest BCUT2D eigenvalue weighted by molar-refractivity contribution is -0.118. The number of hydrogen-bond acceptors (Lipinski definition) is 3. The fraction of sp³-hybridized carbons (Fsp3) is 0.308. The number of aliphatic hydroxyl groups is 1. The van der Waals surface area contributed by atoms with E-state index in [2.05, 4.69) is 0 Å². The number of nitrogens with zero attached hydrogens (tertiary/aromatic N) is 1. The van der Waals surface area contributed by atoms with E-state index in [4.69, 9.17) is 0 Å². The summed E-state index contributed by atoms with van der Waals surface area (Å²) in [6.07, 6.45) is 0.770. The molecule has 1 heterocycles. The van der Waals surface area contributed by atoms with Gasteiger partial charge >= 0.3 is 0 Å². The monoisotopic (exact) mass is 249 g/mol. The fourth-order valence-corrected chi connectivity index (χ4v) is 3.11. The number of β-amino-alcohol motifs (C(OH)–C–C–N with tert-alkyl or cyclic N) is 1. The first-order chi connectivity index (χ1) is 8.07. The van der Waals surface area contributed by atoms with Crippen LogP contribution in [0.3, 0.4) is 0 Å². The van der Waals surface area contributed by atoms with Gasteiger partial charge in [0, 0.05) is 10.6 Å². The molecule has 0 spiro atoms. The minimum atomic E-state index is -1.05. The first kappa shape index (κ1) is 12.2. The average Bonchev–Trinajstić information content (AvgIpc) is 2.35. The van der Waals surface area contributed by atoms with E-state index in [9.17, 15) is 9.90 Å². The molecule has 1 aromatic carbocycles. The third-order valence-electron chi connectivity index (χ3n) is 3.00. The summed E-state index contributed by atoms with van der Waals surface area (Å²) in [5.41, 5.74) is 1.73. The van der Waals surface area contributed by atoms with Gasteiger partial charge in [0.2, 0.25) is 6.41 Å². The highest BCUT2D eigenvalue weighted by Gasteiger charge is 2.37. The van der Waals surface area contributed by atoms with Gasteiger partial charge in [-0.2, -0.15) is 0 Å². The average molecular weight is 249 g/mol. The summed E-state index contributed by atoms with van der Waals surface area (Å²) in [6, 6.07) is 9.44. The van der Waals surface area contributed by atoms with E-state index in [1.165, 1.54) is 11.8 Å². The SMILES string of the molecule is CC1=C(C)N(C=O)CC(O)(c2ccccc2)S1. The van der Waals surface area contributed by atoms with Gasteiger partial charge in [-0.3, -0.25) is 4.79 Å². The quantitative estimate of drug-likeness (QED) is 0.818. The van der Waals surface area contributed by atoms with Crippen LogP contribution in [0.1, 0.15) is 19.4 Å². The predicted octanol–water partition coefficient (Wildman–Crippen LogP) is 2.29. The van der Waals surface area contributed by atoms with Crippen molar-refractivity contribution in [1.82, 2.24) is 4.90 Å². The molecular formula is C13H15NO2S. The van der Waals surface area contributed by atoms with Crippen molar-refractivity contribution in [2.75, 3.05) is 6.54 Å². The summed E-state index contributed by atoms with van der Waals surface area (Å²) < 4.78 is 0. The second-order valence-electron chi connectivity index (χ2n) is 4.13. The van der Waals surface area contributed by atoms with Crippen LogP contribution in [0.5, 0.6) is 0 Å². The standard InChI is InChI=1S/C13H15NO2S/c1-10-11(2)17-13(16,8-14(10)9-15)12-6-4-3-5-7-12/h3-7,9,16H,8H2,1-2H3. The van der Waals surface area contributed by atoms with Crippen molar-refractivity contribution >= 4 is 18.2 Å². The Morgan fingerprint density at radius 1 is 1.35 bits per heavy atom. The summed E-state index contributed by atoms with van der Waals surface area (Å²) >= 11 is 1.40. The molecule has 4 heteroatoms. The Hall–Kier alpha value is -1.26. The molecule has 0 aliphatic carbocycles. The van der Waals surface area contributed by atoms with Crippen molar-refractivity contribution in [1.29, 1.82) is 0 Å². The molecule has 1 N–H and O–H groups in total. The van der Waals surface area contributed by atoms with Crippen molar-refractivity contribution < 1.29 is 9.90 Å². The zero-order chi connectivity index (χ0) is 12.5. The van der Waals surface area contributed by atoms with Crippen molar-refractivity contribution in [2.45, 2.75) is 18.8 Å². The van der Waals surface area contributed by atoms with E-state index in [0.717, 1.165) is 22.6 Å². The summed E-state index contributed by atoms with van der Waals surface area (Å²) in [4.78, 5) is 12.5. The zero-order valence-corrected chi connectivity index (χ0v) is 10.7. The second-order valence-corrected chi connectivity index (χ2v) is 5.62. The molecule has 1 aromatic rings. The molecule has 2 rings (SSSR count). The molecular weight excluding hydrogens is 234 g/mol. The van der Waals surface area contributed by atoms with Crippen molar-refractivity contribution in [3.8, 4) is 0 Å². The molecule has 0 bridgehead atoms. The molecule has 1 atom stereocenters. The Morgan fingerprint density at radius 3 is 2.59 bits per heavy atom. The highest BCUT2D eigenvalue weighted by Crippen LogP contribution is 2.44. The number of thioether (sulfide) groups is 1. The van der Waals surface area contributed by atoms with Crippen LogP contribution in [0.4, 0.5) is 0 Å². The zero-order valence-electron chi connectivity index (χ0n) is 9.88. The maximum atomic E-state index is 11.0. The molecule has 1 aliphatic rings. The number of rotatable bonds is 2. The first-order valence-corrected chi connectivity index (χ1v) is 6.25. The van der Waals surface area contributed by atoms with Gasteiger partial charge < -0.3 is 10.0 Å². The third kappa shape index (κ3) is 2.23. The van der Waals surface area contributed by atoms with Crippen molar-refractivity contribution in [2.24, 2.45) is 0 Å². The highest BCUT2D eigenvalue weighted by molar-refractivity contribution is 8.03. The van der Waals surface area contributed by atoms with E-state index in [1.54, 1.807) is 4.90 Å². The predicted molar refractivity (Wildman–Crippen MR) is 69.1 cm³/mol. The number of hydrogen-bond donors (Lipinski definition) is 1. The van der Waals surface area contributed by atoms with Crippen LogP contribution in [0.25, 0.3) is 0 Å². The molecule has 0 saturated carbocycles. The van der Waals surface area contributed by atoms with Crippen LogP contribution in [-0.2, 0) is 9.73 Å². The maximum absolute atomic E-state index is 11.0. The Balaban J connectivity index is 2.39. The second kappa shape index (κ2) is 4.55. The number of amides is 1.